The van der Waals surface area contributed by atoms with Crippen LogP contribution in [0.25, 0.3) is 21.7 Å². The van der Waals surface area contributed by atoms with E-state index in [1.807, 2.05) is 104 Å². The topological polar surface area (TPSA) is 174 Å². The highest BCUT2D eigenvalue weighted by Crippen LogP contribution is 2.28. The summed E-state index contributed by atoms with van der Waals surface area (Å²) in [6, 6.07) is 43.5. The highest BCUT2D eigenvalue weighted by atomic mass is 16.2. The third-order valence-electron chi connectivity index (χ3n) is 12.6. The Morgan fingerprint density at radius 3 is 1.67 bits per heavy atom. The van der Waals surface area contributed by atoms with E-state index in [2.05, 4.69) is 74.6 Å². The lowest BCUT2D eigenvalue weighted by Crippen LogP contribution is -2.25. The van der Waals surface area contributed by atoms with E-state index in [9.17, 15) is 19.2 Å². The first kappa shape index (κ1) is 54.6. The minimum atomic E-state index is -0.307. The number of nitrogens with zero attached hydrogens (tertiary/aromatic N) is 6. The number of anilines is 1. The average molecular weight is 958 g/mol. The molecular formula is C61H63N7O4. The molecule has 0 amide bonds. The Morgan fingerprint density at radius 1 is 0.639 bits per heavy atom. The molecule has 1 saturated carbocycles. The quantitative estimate of drug-likeness (QED) is 0.0375. The molecule has 1 aromatic heterocycles. The van der Waals surface area contributed by atoms with Crippen molar-refractivity contribution >= 4 is 28.8 Å². The van der Waals surface area contributed by atoms with E-state index in [0.717, 1.165) is 84.0 Å². The number of azide groups is 1. The molecule has 0 unspecified atom stereocenters. The molecule has 11 nitrogen and oxygen atoms in total. The first-order valence-electron chi connectivity index (χ1n) is 24.3. The summed E-state index contributed by atoms with van der Waals surface area (Å²) in [6.07, 6.45) is 21.6. The Bertz CT molecular complexity index is 2990. The van der Waals surface area contributed by atoms with Crippen LogP contribution in [0.4, 0.5) is 5.69 Å². The molecule has 0 radical (unpaired) electrons. The van der Waals surface area contributed by atoms with Gasteiger partial charge < -0.3 is 5.73 Å². The Hall–Kier alpha value is -8.37. The minimum Gasteiger partial charge on any atom is -0.399 e. The molecule has 0 spiro atoms. The van der Waals surface area contributed by atoms with Crippen LogP contribution < -0.4 is 5.73 Å². The number of nitrogens with two attached hydrogens (primary N) is 1. The van der Waals surface area contributed by atoms with Crippen LogP contribution in [0.2, 0.25) is 0 Å². The summed E-state index contributed by atoms with van der Waals surface area (Å²) in [6.45, 7) is 6.76. The predicted octanol–water partition coefficient (Wildman–Crippen LogP) is 12.6. The summed E-state index contributed by atoms with van der Waals surface area (Å²) in [7, 11) is 0. The molecule has 0 saturated heterocycles. The smallest absolute Gasteiger partial charge is 0.158 e. The van der Waals surface area contributed by atoms with E-state index in [0.29, 0.717) is 56.0 Å². The van der Waals surface area contributed by atoms with Gasteiger partial charge in [0.15, 0.2) is 11.6 Å². The van der Waals surface area contributed by atoms with Crippen molar-refractivity contribution in [2.24, 2.45) is 11.0 Å². The minimum absolute atomic E-state index is 0.117. The highest BCUT2D eigenvalue weighted by molar-refractivity contribution is 6.04. The molecular weight excluding hydrogens is 895 g/mol. The van der Waals surface area contributed by atoms with Crippen LogP contribution in [0, 0.1) is 30.6 Å². The lowest BCUT2D eigenvalue weighted by Gasteiger charge is -2.17. The van der Waals surface area contributed by atoms with Gasteiger partial charge in [-0.05, 0) is 141 Å². The third kappa shape index (κ3) is 17.9. The van der Waals surface area contributed by atoms with E-state index in [4.69, 9.17) is 24.1 Å². The molecule has 1 fully saturated rings. The van der Waals surface area contributed by atoms with Crippen molar-refractivity contribution in [2.45, 2.75) is 104 Å². The van der Waals surface area contributed by atoms with E-state index >= 15 is 0 Å². The van der Waals surface area contributed by atoms with Gasteiger partial charge in [-0.2, -0.15) is 0 Å². The van der Waals surface area contributed by atoms with Crippen LogP contribution >= 0.6 is 0 Å². The normalized spacial score (nSPS) is 14.3. The molecule has 0 bridgehead atoms. The lowest BCUT2D eigenvalue weighted by molar-refractivity contribution is -0.134. The molecule has 1 heterocycles. The number of nitrogen functional groups attached to an aromatic ring is 1. The van der Waals surface area contributed by atoms with Crippen LogP contribution in [0.1, 0.15) is 112 Å². The predicted molar refractivity (Wildman–Crippen MR) is 287 cm³/mol. The van der Waals surface area contributed by atoms with E-state index in [1.54, 1.807) is 19.1 Å². The molecule has 366 valence electrons. The van der Waals surface area contributed by atoms with Gasteiger partial charge >= 0.3 is 0 Å². The summed E-state index contributed by atoms with van der Waals surface area (Å²) >= 11 is 0. The maximum absolute atomic E-state index is 12.0. The standard InChI is InChI=1S/C23H23N3O.C16H16O.C8H7N.C7H7N3.C7H10O2/c1-17-20(10-6-12-23(17)27)13-19-9-5-11-21(14-19)22-16-26(25-24-22)15-18-7-3-2-4-8-18;1-3-13-6-4-7-14(10-13)11-15-8-5-9-16(17)12(15)2;1-2-7-4-3-5-8(9)6-7;8-10-9-6-7-4-2-1-3-5-7;1-5-6(8)3-2-4-7(5)9/h2-5,7-9,11,14,16H,6,10,12-13,15H2,1H3;1,4,6-7,10H,5,8-9,11H2,2H3;1,3-6H,9H2;1-5H,6H2;5H,2-4H2,1H3. The number of benzene rings is 5. The van der Waals surface area contributed by atoms with Crippen LogP contribution in [-0.2, 0) is 45.1 Å². The van der Waals surface area contributed by atoms with Gasteiger partial charge in [-0.15, -0.1) is 17.9 Å². The second-order valence-electron chi connectivity index (χ2n) is 17.8. The first-order valence-corrected chi connectivity index (χ1v) is 24.3. The van der Waals surface area contributed by atoms with E-state index < -0.39 is 0 Å². The number of rotatable bonds is 9. The van der Waals surface area contributed by atoms with Crippen molar-refractivity contribution < 1.29 is 19.2 Å². The molecule has 6 aromatic rings. The van der Waals surface area contributed by atoms with Crippen LogP contribution in [0.5, 0.6) is 0 Å². The van der Waals surface area contributed by atoms with Crippen molar-refractivity contribution in [1.29, 1.82) is 0 Å². The number of Topliss-reactive ketones (excluding diaryl/α,β-unsaturated/α-hetero) is 4. The fourth-order valence-corrected chi connectivity index (χ4v) is 8.27. The number of allylic oxidation sites excluding steroid dienone is 4. The van der Waals surface area contributed by atoms with Gasteiger partial charge in [-0.3, -0.25) is 19.2 Å². The van der Waals surface area contributed by atoms with E-state index in [1.165, 1.54) is 27.8 Å². The third-order valence-corrected chi connectivity index (χ3v) is 12.6. The number of carbonyl (C=O) groups excluding carboxylic acids is 4. The maximum atomic E-state index is 12.0. The van der Waals surface area contributed by atoms with Gasteiger partial charge in [0.1, 0.15) is 17.3 Å². The number of aromatic nitrogens is 3. The Kier molecular flexibility index (Phi) is 22.0. The van der Waals surface area contributed by atoms with Gasteiger partial charge in [-0.25, -0.2) is 4.68 Å². The van der Waals surface area contributed by atoms with Crippen LogP contribution in [0.3, 0.4) is 0 Å². The zero-order valence-corrected chi connectivity index (χ0v) is 41.6. The molecule has 2 N–H and O–H groups in total. The van der Waals surface area contributed by atoms with Gasteiger partial charge in [-0.1, -0.05) is 130 Å². The van der Waals surface area contributed by atoms with Gasteiger partial charge in [0.25, 0.3) is 0 Å². The Morgan fingerprint density at radius 2 is 1.14 bits per heavy atom. The fraction of sp³-hybridized carbons (Fsp3) is 0.279. The average Bonchev–Trinajstić information content (AvgIpc) is 3.87. The van der Waals surface area contributed by atoms with Gasteiger partial charge in [0.05, 0.1) is 25.2 Å². The first-order chi connectivity index (χ1) is 34.9. The molecule has 9 rings (SSSR count). The van der Waals surface area contributed by atoms with Crippen molar-refractivity contribution in [3.8, 4) is 35.9 Å². The van der Waals surface area contributed by atoms with E-state index in [-0.39, 0.29) is 17.5 Å². The molecule has 0 atom stereocenters. The number of terminal acetylenes is 2. The van der Waals surface area contributed by atoms with Gasteiger partial charge in [0, 0.05) is 53.0 Å². The molecule has 3 aliphatic carbocycles. The SMILES string of the molecule is C#Cc1cccc(CC2=C(C)C(=O)CCC2)c1.C#Cc1cccc(N)c1.CC1=C(Cc2cccc(-c3cn(Cc4ccccc4)nn3)c2)CCCC1=O.CC1C(=O)CCCC1=O.[N-]=[N+]=NCc1ccccc1. The Labute approximate surface area is 424 Å². The molecule has 72 heavy (non-hydrogen) atoms. The second kappa shape index (κ2) is 29.0. The monoisotopic (exact) mass is 957 g/mol. The van der Waals surface area contributed by atoms with Crippen molar-refractivity contribution in [1.82, 2.24) is 15.0 Å². The number of hydrogen-bond donors (Lipinski definition) is 1. The van der Waals surface area contributed by atoms with Crippen molar-refractivity contribution in [3.63, 3.8) is 0 Å². The zero-order valence-electron chi connectivity index (χ0n) is 41.6. The van der Waals surface area contributed by atoms with Gasteiger partial charge in [0.2, 0.25) is 0 Å². The highest BCUT2D eigenvalue weighted by Gasteiger charge is 2.25. The second-order valence-corrected chi connectivity index (χ2v) is 17.8. The number of ketones is 4. The molecule has 11 heteroatoms. The fourth-order valence-electron chi connectivity index (χ4n) is 8.27. The van der Waals surface area contributed by atoms with Crippen molar-refractivity contribution in [3.05, 3.63) is 206 Å². The number of hydrogen-bond acceptors (Lipinski definition) is 8. The van der Waals surface area contributed by atoms with Crippen LogP contribution in [-0.4, -0.2) is 38.1 Å². The largest absolute Gasteiger partial charge is 0.399 e. The summed E-state index contributed by atoms with van der Waals surface area (Å²) < 4.78 is 1.86. The summed E-state index contributed by atoms with van der Waals surface area (Å²) in [5, 5.41) is 12.0. The number of carbonyl (C=O) groups is 4. The summed E-state index contributed by atoms with van der Waals surface area (Å²) in [5.41, 5.74) is 26.9. The Balaban J connectivity index is 0.000000183. The maximum Gasteiger partial charge on any atom is 0.158 e. The molecule has 3 aliphatic rings. The summed E-state index contributed by atoms with van der Waals surface area (Å²) in [5.74, 6) is 5.66. The van der Waals surface area contributed by atoms with Crippen molar-refractivity contribution in [2.75, 3.05) is 5.73 Å². The lowest BCUT2D eigenvalue weighted by atomic mass is 9.87. The van der Waals surface area contributed by atoms with Crippen LogP contribution in [0.15, 0.2) is 167 Å². The zero-order chi connectivity index (χ0) is 51.7. The molecule has 5 aromatic carbocycles. The molecule has 0 aliphatic heterocycles. The summed E-state index contributed by atoms with van der Waals surface area (Å²) in [4.78, 5) is 47.8.